The van der Waals surface area contributed by atoms with E-state index in [-0.39, 0.29) is 18.1 Å². The van der Waals surface area contributed by atoms with Crippen molar-refractivity contribution in [3.05, 3.63) is 21.9 Å². The van der Waals surface area contributed by atoms with Gasteiger partial charge in [0.1, 0.15) is 0 Å². The maximum atomic E-state index is 11.4. The molecule has 2 aliphatic rings. The Hall–Kier alpha value is -0.910. The zero-order chi connectivity index (χ0) is 16.4. The Bertz CT molecular complexity index is 545. The molecule has 0 aromatic carbocycles. The number of methoxy groups -OCH3 is 1. The summed E-state index contributed by atoms with van der Waals surface area (Å²) in [6, 6.07) is 4.72. The average molecular weight is 337 g/mol. The number of ether oxygens (including phenoxy) is 1. The Morgan fingerprint density at radius 3 is 2.61 bits per heavy atom. The fourth-order valence-corrected chi connectivity index (χ4v) is 5.23. The normalized spacial score (nSPS) is 31.1. The molecule has 0 unspecified atom stereocenters. The van der Waals surface area contributed by atoms with Crippen molar-refractivity contribution in [1.82, 2.24) is 10.2 Å². The number of hydrogen-bond acceptors (Lipinski definition) is 4. The summed E-state index contributed by atoms with van der Waals surface area (Å²) in [4.78, 5) is 17.0. The first-order valence-electron chi connectivity index (χ1n) is 8.68. The van der Waals surface area contributed by atoms with Crippen LogP contribution < -0.4 is 5.32 Å². The molecule has 1 aromatic heterocycles. The summed E-state index contributed by atoms with van der Waals surface area (Å²) in [5.41, 5.74) is 0. The zero-order valence-electron chi connectivity index (χ0n) is 14.4. The summed E-state index contributed by atoms with van der Waals surface area (Å²) >= 11 is 1.94. The van der Waals surface area contributed by atoms with E-state index in [1.165, 1.54) is 9.75 Å². The van der Waals surface area contributed by atoms with Gasteiger partial charge in [-0.05, 0) is 43.2 Å². The molecule has 5 heteroatoms. The SMILES string of the molecule is CCc1ccc(CN2C[C@H]3C[C@@H](NC(C)=O)[C@H](OC)C[C@H]3C2)s1. The first-order valence-corrected chi connectivity index (χ1v) is 9.50. The van der Waals surface area contributed by atoms with Gasteiger partial charge in [0.2, 0.25) is 5.91 Å². The summed E-state index contributed by atoms with van der Waals surface area (Å²) < 4.78 is 5.65. The Kier molecular flexibility index (Phi) is 5.39. The third-order valence-corrected chi connectivity index (χ3v) is 6.54. The van der Waals surface area contributed by atoms with Crippen molar-refractivity contribution in [3.8, 4) is 0 Å². The lowest BCUT2D eigenvalue weighted by Gasteiger charge is -2.37. The summed E-state index contributed by atoms with van der Waals surface area (Å²) in [5.74, 6) is 1.44. The lowest BCUT2D eigenvalue weighted by Crippen LogP contribution is -2.49. The van der Waals surface area contributed by atoms with Gasteiger partial charge >= 0.3 is 0 Å². The number of carbonyl (C=O) groups is 1. The van der Waals surface area contributed by atoms with Gasteiger partial charge in [0.15, 0.2) is 0 Å². The van der Waals surface area contributed by atoms with E-state index in [0.29, 0.717) is 11.8 Å². The molecule has 1 aliphatic carbocycles. The largest absolute Gasteiger partial charge is 0.379 e. The molecule has 4 atom stereocenters. The number of amides is 1. The minimum Gasteiger partial charge on any atom is -0.379 e. The van der Waals surface area contributed by atoms with Crippen LogP contribution in [-0.2, 0) is 22.5 Å². The molecule has 0 radical (unpaired) electrons. The van der Waals surface area contributed by atoms with Crippen molar-refractivity contribution < 1.29 is 9.53 Å². The Morgan fingerprint density at radius 2 is 2.00 bits per heavy atom. The minimum atomic E-state index is 0.0519. The first-order chi connectivity index (χ1) is 11.1. The van der Waals surface area contributed by atoms with Crippen LogP contribution in [-0.4, -0.2) is 43.2 Å². The second kappa shape index (κ2) is 7.32. The number of carbonyl (C=O) groups excluding carboxylic acids is 1. The zero-order valence-corrected chi connectivity index (χ0v) is 15.2. The summed E-state index contributed by atoms with van der Waals surface area (Å²) in [5, 5.41) is 3.09. The summed E-state index contributed by atoms with van der Waals surface area (Å²) in [6.07, 6.45) is 3.40. The maximum absolute atomic E-state index is 11.4. The first kappa shape index (κ1) is 16.9. The van der Waals surface area contributed by atoms with Crippen molar-refractivity contribution in [3.63, 3.8) is 0 Å². The lowest BCUT2D eigenvalue weighted by atomic mass is 9.77. The van der Waals surface area contributed by atoms with Gasteiger partial charge in [0.05, 0.1) is 12.1 Å². The maximum Gasteiger partial charge on any atom is 0.217 e. The molecule has 1 saturated carbocycles. The fourth-order valence-electron chi connectivity index (χ4n) is 4.23. The molecule has 3 rings (SSSR count). The van der Waals surface area contributed by atoms with Gasteiger partial charge in [-0.15, -0.1) is 11.3 Å². The van der Waals surface area contributed by atoms with E-state index in [0.717, 1.165) is 38.9 Å². The molecule has 2 fully saturated rings. The van der Waals surface area contributed by atoms with E-state index < -0.39 is 0 Å². The summed E-state index contributed by atoms with van der Waals surface area (Å²) in [6.45, 7) is 7.20. The van der Waals surface area contributed by atoms with Gasteiger partial charge in [-0.3, -0.25) is 9.69 Å². The molecule has 1 N–H and O–H groups in total. The second-order valence-electron chi connectivity index (χ2n) is 6.99. The highest BCUT2D eigenvalue weighted by atomic mass is 32.1. The lowest BCUT2D eigenvalue weighted by molar-refractivity contribution is -0.121. The van der Waals surface area contributed by atoms with Crippen molar-refractivity contribution >= 4 is 17.2 Å². The Morgan fingerprint density at radius 1 is 1.30 bits per heavy atom. The van der Waals surface area contributed by atoms with Crippen LogP contribution in [0, 0.1) is 11.8 Å². The van der Waals surface area contributed by atoms with E-state index in [2.05, 4.69) is 29.3 Å². The third kappa shape index (κ3) is 3.95. The number of thiophene rings is 1. The average Bonchev–Trinajstić information content (AvgIpc) is 3.11. The van der Waals surface area contributed by atoms with Gasteiger partial charge in [0.25, 0.3) is 0 Å². The molecule has 128 valence electrons. The Balaban J connectivity index is 1.60. The van der Waals surface area contributed by atoms with Crippen LogP contribution in [0.25, 0.3) is 0 Å². The van der Waals surface area contributed by atoms with Crippen LogP contribution >= 0.6 is 11.3 Å². The van der Waals surface area contributed by atoms with E-state index in [1.807, 2.05) is 11.3 Å². The van der Waals surface area contributed by atoms with Gasteiger partial charge in [-0.25, -0.2) is 0 Å². The van der Waals surface area contributed by atoms with Gasteiger partial charge in [-0.2, -0.15) is 0 Å². The monoisotopic (exact) mass is 336 g/mol. The van der Waals surface area contributed by atoms with Gasteiger partial charge < -0.3 is 10.1 Å². The molecule has 1 aromatic rings. The quantitative estimate of drug-likeness (QED) is 0.899. The van der Waals surface area contributed by atoms with Crippen molar-refractivity contribution in [2.75, 3.05) is 20.2 Å². The molecule has 2 heterocycles. The van der Waals surface area contributed by atoms with Crippen molar-refractivity contribution in [1.29, 1.82) is 0 Å². The number of hydrogen-bond donors (Lipinski definition) is 1. The van der Waals surface area contributed by atoms with Crippen LogP contribution in [0.1, 0.15) is 36.4 Å². The molecule has 0 spiro atoms. The highest BCUT2D eigenvalue weighted by Crippen LogP contribution is 2.38. The molecule has 23 heavy (non-hydrogen) atoms. The van der Waals surface area contributed by atoms with Crippen LogP contribution in [0.2, 0.25) is 0 Å². The molecular formula is C18H28N2O2S. The summed E-state index contributed by atoms with van der Waals surface area (Å²) in [7, 11) is 1.77. The standard InChI is InChI=1S/C18H28N2O2S/c1-4-15-5-6-16(23-15)11-20-9-13-7-17(19-12(2)21)18(22-3)8-14(13)10-20/h5-6,13-14,17-18H,4,7-11H2,1-3H3,(H,19,21)/t13-,14+,17-,18-/m1/s1. The van der Waals surface area contributed by atoms with Crippen LogP contribution in [0.5, 0.6) is 0 Å². The number of likely N-dealkylation sites (tertiary alicyclic amines) is 1. The van der Waals surface area contributed by atoms with Crippen LogP contribution in [0.4, 0.5) is 0 Å². The Labute approximate surface area is 143 Å². The van der Waals surface area contributed by atoms with Gasteiger partial charge in [-0.1, -0.05) is 6.92 Å². The van der Waals surface area contributed by atoms with E-state index in [1.54, 1.807) is 14.0 Å². The van der Waals surface area contributed by atoms with Crippen LogP contribution in [0.15, 0.2) is 12.1 Å². The van der Waals surface area contributed by atoms with E-state index >= 15 is 0 Å². The molecule has 0 bridgehead atoms. The number of rotatable bonds is 5. The van der Waals surface area contributed by atoms with E-state index in [4.69, 9.17) is 4.74 Å². The molecule has 1 aliphatic heterocycles. The topological polar surface area (TPSA) is 41.6 Å². The van der Waals surface area contributed by atoms with Crippen LogP contribution in [0.3, 0.4) is 0 Å². The van der Waals surface area contributed by atoms with Crippen molar-refractivity contribution in [2.24, 2.45) is 11.8 Å². The predicted octanol–water partition coefficient (Wildman–Crippen LogP) is 2.67. The third-order valence-electron chi connectivity index (χ3n) is 5.33. The molecule has 4 nitrogen and oxygen atoms in total. The molecule has 1 saturated heterocycles. The number of nitrogens with one attached hydrogen (secondary N) is 1. The van der Waals surface area contributed by atoms with Crippen molar-refractivity contribution in [2.45, 2.75) is 51.8 Å². The number of aryl methyl sites for hydroxylation is 1. The smallest absolute Gasteiger partial charge is 0.217 e. The highest BCUT2D eigenvalue weighted by molar-refractivity contribution is 7.11. The highest BCUT2D eigenvalue weighted by Gasteiger charge is 2.42. The predicted molar refractivity (Wildman–Crippen MR) is 93.6 cm³/mol. The molecular weight excluding hydrogens is 308 g/mol. The number of nitrogens with zero attached hydrogens (tertiary/aromatic N) is 1. The number of fused-ring (bicyclic) bond motifs is 1. The fraction of sp³-hybridized carbons (Fsp3) is 0.722. The van der Waals surface area contributed by atoms with Gasteiger partial charge in [0, 0.05) is 43.4 Å². The second-order valence-corrected chi connectivity index (χ2v) is 8.24. The van der Waals surface area contributed by atoms with E-state index in [9.17, 15) is 4.79 Å². The molecule has 1 amide bonds. The minimum absolute atomic E-state index is 0.0519.